The van der Waals surface area contributed by atoms with Crippen molar-refractivity contribution in [2.45, 2.75) is 77.3 Å². The zero-order valence-corrected chi connectivity index (χ0v) is 23.4. The number of aromatic nitrogens is 2. The van der Waals surface area contributed by atoms with Gasteiger partial charge in [0, 0.05) is 42.7 Å². The third kappa shape index (κ3) is 6.42. The molecule has 1 aliphatic rings. The fourth-order valence-electron chi connectivity index (χ4n) is 5.25. The average molecular weight is 502 g/mol. The summed E-state index contributed by atoms with van der Waals surface area (Å²) in [6.45, 7) is 13.4. The van der Waals surface area contributed by atoms with Crippen molar-refractivity contribution in [3.05, 3.63) is 59.7 Å². The number of hydrogen-bond acceptors (Lipinski definition) is 6. The monoisotopic (exact) mass is 501 g/mol. The lowest BCUT2D eigenvalue weighted by molar-refractivity contribution is 0.355. The predicted molar refractivity (Wildman–Crippen MR) is 157 cm³/mol. The van der Waals surface area contributed by atoms with Gasteiger partial charge in [-0.1, -0.05) is 45.5 Å². The van der Waals surface area contributed by atoms with Crippen LogP contribution in [0.3, 0.4) is 0 Å². The number of phenolic OH excluding ortho intramolecular Hbond substituents is 1. The molecule has 198 valence electrons. The predicted octanol–water partition coefficient (Wildman–Crippen LogP) is 6.29. The summed E-state index contributed by atoms with van der Waals surface area (Å²) in [5.74, 6) is 2.03. The number of para-hydroxylation sites is 1. The Labute approximate surface area is 222 Å². The highest BCUT2D eigenvalue weighted by molar-refractivity contribution is 5.90. The summed E-state index contributed by atoms with van der Waals surface area (Å²) >= 11 is 0. The highest BCUT2D eigenvalue weighted by atomic mass is 16.3. The van der Waals surface area contributed by atoms with Crippen LogP contribution in [0.25, 0.3) is 16.5 Å². The highest BCUT2D eigenvalue weighted by Gasteiger charge is 2.23. The number of hydrogen-bond donors (Lipinski definition) is 3. The van der Waals surface area contributed by atoms with Crippen molar-refractivity contribution in [3.8, 4) is 5.75 Å². The van der Waals surface area contributed by atoms with E-state index in [0.29, 0.717) is 23.8 Å². The summed E-state index contributed by atoms with van der Waals surface area (Å²) in [6, 6.07) is 13.4. The number of nitrogens with one attached hydrogen (secondary N) is 2. The van der Waals surface area contributed by atoms with Crippen molar-refractivity contribution in [1.82, 2.24) is 15.3 Å². The largest absolute Gasteiger partial charge is 0.507 e. The van der Waals surface area contributed by atoms with Gasteiger partial charge in [-0.2, -0.15) is 4.98 Å². The molecule has 0 amide bonds. The first-order valence-corrected chi connectivity index (χ1v) is 13.5. The van der Waals surface area contributed by atoms with Crippen LogP contribution in [0.2, 0.25) is 0 Å². The van der Waals surface area contributed by atoms with Crippen LogP contribution in [-0.4, -0.2) is 47.8 Å². The van der Waals surface area contributed by atoms with Crippen molar-refractivity contribution >= 4 is 28.2 Å². The van der Waals surface area contributed by atoms with Crippen LogP contribution in [0.5, 0.6) is 5.75 Å². The van der Waals surface area contributed by atoms with E-state index in [2.05, 4.69) is 56.2 Å². The molecule has 0 spiro atoms. The molecule has 3 N–H and O–H groups in total. The number of aromatic hydroxyl groups is 1. The van der Waals surface area contributed by atoms with Gasteiger partial charge in [0.1, 0.15) is 11.6 Å². The molecule has 0 radical (unpaired) electrons. The SMILES string of the molecule is C=C(C)c1cc(CCNC2CCC(Nc3nc(N(C)C)c4ccccc4n3)CC2)cc(C(C)(C)C)c1O. The quantitative estimate of drug-likeness (QED) is 0.337. The molecule has 2 aromatic carbocycles. The minimum absolute atomic E-state index is 0.120. The van der Waals surface area contributed by atoms with Crippen LogP contribution in [-0.2, 0) is 11.8 Å². The molecular formula is C31H43N5O. The second-order valence-electron chi connectivity index (χ2n) is 11.7. The Bertz CT molecular complexity index is 1250. The lowest BCUT2D eigenvalue weighted by Crippen LogP contribution is -2.38. The van der Waals surface area contributed by atoms with Crippen LogP contribution < -0.4 is 15.5 Å². The molecule has 1 aromatic heterocycles. The second-order valence-corrected chi connectivity index (χ2v) is 11.7. The molecule has 4 rings (SSSR count). The van der Waals surface area contributed by atoms with E-state index in [0.717, 1.165) is 72.1 Å². The van der Waals surface area contributed by atoms with E-state index < -0.39 is 0 Å². The average Bonchev–Trinajstić information content (AvgIpc) is 2.84. The third-order valence-corrected chi connectivity index (χ3v) is 7.35. The molecule has 6 nitrogen and oxygen atoms in total. The molecule has 1 fully saturated rings. The maximum atomic E-state index is 10.8. The van der Waals surface area contributed by atoms with E-state index in [1.54, 1.807) is 0 Å². The molecule has 1 saturated carbocycles. The van der Waals surface area contributed by atoms with E-state index >= 15 is 0 Å². The van der Waals surface area contributed by atoms with E-state index in [1.165, 1.54) is 5.56 Å². The molecule has 0 saturated heterocycles. The van der Waals surface area contributed by atoms with Gasteiger partial charge < -0.3 is 20.6 Å². The summed E-state index contributed by atoms with van der Waals surface area (Å²) in [6.07, 6.45) is 5.38. The van der Waals surface area contributed by atoms with Gasteiger partial charge >= 0.3 is 0 Å². The van der Waals surface area contributed by atoms with Crippen molar-refractivity contribution in [2.75, 3.05) is 30.9 Å². The fourth-order valence-corrected chi connectivity index (χ4v) is 5.25. The van der Waals surface area contributed by atoms with Crippen molar-refractivity contribution in [2.24, 2.45) is 0 Å². The lowest BCUT2D eigenvalue weighted by atomic mass is 9.83. The molecule has 0 bridgehead atoms. The van der Waals surface area contributed by atoms with Gasteiger partial charge in [-0.25, -0.2) is 4.98 Å². The third-order valence-electron chi connectivity index (χ3n) is 7.35. The number of allylic oxidation sites excluding steroid dienone is 1. The van der Waals surface area contributed by atoms with Gasteiger partial charge in [-0.05, 0) is 80.3 Å². The van der Waals surface area contributed by atoms with Crippen molar-refractivity contribution in [3.63, 3.8) is 0 Å². The molecule has 0 atom stereocenters. The number of benzene rings is 2. The first kappa shape index (κ1) is 26.9. The second kappa shape index (κ2) is 11.1. The number of rotatable bonds is 8. The topological polar surface area (TPSA) is 73.3 Å². The van der Waals surface area contributed by atoms with Crippen LogP contribution in [0, 0.1) is 0 Å². The molecular weight excluding hydrogens is 458 g/mol. The summed E-state index contributed by atoms with van der Waals surface area (Å²) in [7, 11) is 4.05. The Balaban J connectivity index is 1.32. The molecule has 3 aromatic rings. The number of nitrogens with zero attached hydrogens (tertiary/aromatic N) is 3. The summed E-state index contributed by atoms with van der Waals surface area (Å²) in [5, 5.41) is 19.2. The minimum Gasteiger partial charge on any atom is -0.507 e. The van der Waals surface area contributed by atoms with E-state index in [-0.39, 0.29) is 5.41 Å². The normalized spacial score (nSPS) is 18.1. The first-order chi connectivity index (χ1) is 17.5. The van der Waals surface area contributed by atoms with Gasteiger partial charge in [0.2, 0.25) is 5.95 Å². The van der Waals surface area contributed by atoms with Gasteiger partial charge in [-0.3, -0.25) is 0 Å². The molecule has 0 unspecified atom stereocenters. The summed E-state index contributed by atoms with van der Waals surface area (Å²) < 4.78 is 0. The van der Waals surface area contributed by atoms with Gasteiger partial charge in [0.15, 0.2) is 0 Å². The Morgan fingerprint density at radius 2 is 1.73 bits per heavy atom. The van der Waals surface area contributed by atoms with E-state index in [9.17, 15) is 5.11 Å². The lowest BCUT2D eigenvalue weighted by Gasteiger charge is -2.30. The zero-order chi connectivity index (χ0) is 26.7. The maximum Gasteiger partial charge on any atom is 0.225 e. The van der Waals surface area contributed by atoms with Crippen LogP contribution in [0.15, 0.2) is 43.0 Å². The fraction of sp³-hybridized carbons (Fsp3) is 0.484. The van der Waals surface area contributed by atoms with Gasteiger partial charge in [-0.15, -0.1) is 0 Å². The Morgan fingerprint density at radius 3 is 2.38 bits per heavy atom. The molecule has 1 heterocycles. The first-order valence-electron chi connectivity index (χ1n) is 13.5. The Morgan fingerprint density at radius 1 is 1.05 bits per heavy atom. The number of anilines is 2. The van der Waals surface area contributed by atoms with Gasteiger partial charge in [0.05, 0.1) is 5.52 Å². The van der Waals surface area contributed by atoms with Crippen molar-refractivity contribution in [1.29, 1.82) is 0 Å². The van der Waals surface area contributed by atoms with E-state index in [1.807, 2.05) is 44.1 Å². The minimum atomic E-state index is -0.120. The number of phenols is 1. The summed E-state index contributed by atoms with van der Waals surface area (Å²) in [5.41, 5.74) is 4.85. The standard InChI is InChI=1S/C31H43N5O/c1-20(2)25-18-21(19-26(28(25)37)31(3,4)5)16-17-32-22-12-14-23(15-13-22)33-30-34-27-11-9-8-10-24(27)29(35-30)36(6)7/h8-11,18-19,22-23,32,37H,1,12-17H2,2-7H3,(H,33,34,35). The number of fused-ring (bicyclic) bond motifs is 1. The van der Waals surface area contributed by atoms with Crippen LogP contribution >= 0.6 is 0 Å². The molecule has 1 aliphatic carbocycles. The Kier molecular flexibility index (Phi) is 8.08. The smallest absolute Gasteiger partial charge is 0.225 e. The maximum absolute atomic E-state index is 10.8. The van der Waals surface area contributed by atoms with E-state index in [4.69, 9.17) is 9.97 Å². The zero-order valence-electron chi connectivity index (χ0n) is 23.4. The molecule has 6 heteroatoms. The van der Waals surface area contributed by atoms with Crippen LogP contribution in [0.4, 0.5) is 11.8 Å². The van der Waals surface area contributed by atoms with Crippen molar-refractivity contribution < 1.29 is 5.11 Å². The molecule has 37 heavy (non-hydrogen) atoms. The highest BCUT2D eigenvalue weighted by Crippen LogP contribution is 2.37. The van der Waals surface area contributed by atoms with Gasteiger partial charge in [0.25, 0.3) is 0 Å². The Hall–Kier alpha value is -3.12. The van der Waals surface area contributed by atoms with Crippen LogP contribution in [0.1, 0.15) is 70.1 Å². The molecule has 0 aliphatic heterocycles. The summed E-state index contributed by atoms with van der Waals surface area (Å²) in [4.78, 5) is 11.6.